The number of nitrogens with one attached hydrogen (secondary N) is 2. The van der Waals surface area contributed by atoms with Gasteiger partial charge in [-0.1, -0.05) is 24.3 Å². The van der Waals surface area contributed by atoms with E-state index in [1.807, 2.05) is 62.4 Å². The molecule has 0 aliphatic heterocycles. The molecule has 0 radical (unpaired) electrons. The first-order chi connectivity index (χ1) is 11.1. The van der Waals surface area contributed by atoms with Crippen molar-refractivity contribution in [2.24, 2.45) is 5.10 Å². The predicted octanol–water partition coefficient (Wildman–Crippen LogP) is 2.96. The predicted molar refractivity (Wildman–Crippen MR) is 93.0 cm³/mol. The van der Waals surface area contributed by atoms with Crippen molar-refractivity contribution in [1.82, 2.24) is 5.43 Å². The van der Waals surface area contributed by atoms with E-state index in [0.29, 0.717) is 0 Å². The molecule has 0 aliphatic carbocycles. The van der Waals surface area contributed by atoms with Gasteiger partial charge in [0.25, 0.3) is 5.91 Å². The van der Waals surface area contributed by atoms with Gasteiger partial charge in [0.05, 0.1) is 19.4 Å². The second kappa shape index (κ2) is 7.98. The molecule has 0 bridgehead atoms. The molecule has 5 nitrogen and oxygen atoms in total. The van der Waals surface area contributed by atoms with Crippen LogP contribution in [0.25, 0.3) is 0 Å². The number of amides is 1. The number of nitrogens with zero attached hydrogens (tertiary/aromatic N) is 1. The summed E-state index contributed by atoms with van der Waals surface area (Å²) in [5.41, 5.74) is 6.34. The number of rotatable bonds is 6. The van der Waals surface area contributed by atoms with E-state index in [1.165, 1.54) is 0 Å². The minimum absolute atomic E-state index is 0.150. The molecule has 0 fully saturated rings. The molecule has 23 heavy (non-hydrogen) atoms. The highest BCUT2D eigenvalue weighted by atomic mass is 16.5. The van der Waals surface area contributed by atoms with Crippen molar-refractivity contribution in [3.63, 3.8) is 0 Å². The molecule has 0 saturated heterocycles. The van der Waals surface area contributed by atoms with Crippen LogP contribution in [0.2, 0.25) is 0 Å². The van der Waals surface area contributed by atoms with Crippen molar-refractivity contribution < 1.29 is 9.53 Å². The van der Waals surface area contributed by atoms with Gasteiger partial charge in [0.1, 0.15) is 5.75 Å². The van der Waals surface area contributed by atoms with E-state index in [1.54, 1.807) is 7.11 Å². The van der Waals surface area contributed by atoms with E-state index in [9.17, 15) is 4.79 Å². The zero-order chi connectivity index (χ0) is 16.7. The van der Waals surface area contributed by atoms with Crippen LogP contribution in [-0.4, -0.2) is 25.3 Å². The summed E-state index contributed by atoms with van der Waals surface area (Å²) in [6.45, 7) is 4.04. The van der Waals surface area contributed by atoms with Crippen LogP contribution in [0.1, 0.15) is 18.1 Å². The van der Waals surface area contributed by atoms with E-state index in [0.717, 1.165) is 28.3 Å². The van der Waals surface area contributed by atoms with Crippen molar-refractivity contribution in [2.75, 3.05) is 19.0 Å². The quantitative estimate of drug-likeness (QED) is 0.637. The first-order valence-electron chi connectivity index (χ1n) is 7.37. The zero-order valence-electron chi connectivity index (χ0n) is 13.6. The third-order valence-corrected chi connectivity index (χ3v) is 3.43. The van der Waals surface area contributed by atoms with E-state index < -0.39 is 0 Å². The monoisotopic (exact) mass is 311 g/mol. The largest absolute Gasteiger partial charge is 0.497 e. The van der Waals surface area contributed by atoms with Crippen LogP contribution in [-0.2, 0) is 4.79 Å². The number of hydrazone groups is 1. The standard InChI is InChI=1S/C18H21N3O2/c1-13-6-4-5-7-17(13)14(2)20-21-18(22)12-19-15-8-10-16(23-3)11-9-15/h4-11,19H,12H2,1-3H3,(H,21,22)/b20-14-. The maximum Gasteiger partial charge on any atom is 0.259 e. The second-order valence-electron chi connectivity index (χ2n) is 5.13. The molecule has 0 saturated carbocycles. The van der Waals surface area contributed by atoms with Crippen LogP contribution in [0.5, 0.6) is 5.75 Å². The highest BCUT2D eigenvalue weighted by molar-refractivity contribution is 6.00. The summed E-state index contributed by atoms with van der Waals surface area (Å²) >= 11 is 0. The first-order valence-corrected chi connectivity index (χ1v) is 7.37. The van der Waals surface area contributed by atoms with Gasteiger partial charge in [-0.25, -0.2) is 5.43 Å². The lowest BCUT2D eigenvalue weighted by molar-refractivity contribution is -0.119. The molecule has 0 unspecified atom stereocenters. The summed E-state index contributed by atoms with van der Waals surface area (Å²) in [5.74, 6) is 0.576. The number of anilines is 1. The maximum atomic E-state index is 11.9. The minimum atomic E-state index is -0.200. The third kappa shape index (κ3) is 4.85. The number of ether oxygens (including phenoxy) is 1. The van der Waals surface area contributed by atoms with Gasteiger partial charge in [-0.2, -0.15) is 5.10 Å². The van der Waals surface area contributed by atoms with E-state index in [4.69, 9.17) is 4.74 Å². The number of methoxy groups -OCH3 is 1. The SMILES string of the molecule is COc1ccc(NCC(=O)N/N=C(/C)c2ccccc2C)cc1. The molecule has 1 amide bonds. The summed E-state index contributed by atoms with van der Waals surface area (Å²) in [6, 6.07) is 15.3. The lowest BCUT2D eigenvalue weighted by Gasteiger charge is -2.08. The molecular weight excluding hydrogens is 290 g/mol. The van der Waals surface area contributed by atoms with Gasteiger partial charge in [-0.15, -0.1) is 0 Å². The summed E-state index contributed by atoms with van der Waals surface area (Å²) in [7, 11) is 1.62. The van der Waals surface area contributed by atoms with Crippen molar-refractivity contribution in [3.8, 4) is 5.75 Å². The number of aryl methyl sites for hydroxylation is 1. The molecule has 2 aromatic carbocycles. The van der Waals surface area contributed by atoms with Crippen molar-refractivity contribution in [2.45, 2.75) is 13.8 Å². The van der Waals surface area contributed by atoms with Gasteiger partial charge >= 0.3 is 0 Å². The molecule has 2 aromatic rings. The summed E-state index contributed by atoms with van der Waals surface area (Å²) in [5, 5.41) is 7.19. The Kier molecular flexibility index (Phi) is 5.74. The highest BCUT2D eigenvalue weighted by Crippen LogP contribution is 2.14. The van der Waals surface area contributed by atoms with Crippen LogP contribution in [0, 0.1) is 6.92 Å². The fourth-order valence-electron chi connectivity index (χ4n) is 2.12. The Labute approximate surface area is 136 Å². The molecule has 120 valence electrons. The smallest absolute Gasteiger partial charge is 0.259 e. The Bertz CT molecular complexity index is 694. The van der Waals surface area contributed by atoms with Crippen molar-refractivity contribution in [3.05, 3.63) is 59.7 Å². The minimum Gasteiger partial charge on any atom is -0.497 e. The Morgan fingerprint density at radius 2 is 1.83 bits per heavy atom. The molecule has 0 heterocycles. The van der Waals surface area contributed by atoms with Crippen molar-refractivity contribution in [1.29, 1.82) is 0 Å². The van der Waals surface area contributed by atoms with Crippen LogP contribution in [0.3, 0.4) is 0 Å². The Hall–Kier alpha value is -2.82. The van der Waals surface area contributed by atoms with Crippen LogP contribution in [0.4, 0.5) is 5.69 Å². The van der Waals surface area contributed by atoms with Crippen LogP contribution in [0.15, 0.2) is 53.6 Å². The van der Waals surface area contributed by atoms with E-state index >= 15 is 0 Å². The topological polar surface area (TPSA) is 62.7 Å². The number of hydrogen-bond donors (Lipinski definition) is 2. The molecule has 0 spiro atoms. The first kappa shape index (κ1) is 16.5. The van der Waals surface area contributed by atoms with Gasteiger partial charge in [0.15, 0.2) is 0 Å². The van der Waals surface area contributed by atoms with Gasteiger partial charge in [0.2, 0.25) is 0 Å². The van der Waals surface area contributed by atoms with E-state index in [-0.39, 0.29) is 12.5 Å². The van der Waals surface area contributed by atoms with Crippen molar-refractivity contribution >= 4 is 17.3 Å². The summed E-state index contributed by atoms with van der Waals surface area (Å²) < 4.78 is 5.09. The van der Waals surface area contributed by atoms with Gasteiger partial charge in [-0.3, -0.25) is 4.79 Å². The highest BCUT2D eigenvalue weighted by Gasteiger charge is 2.03. The Balaban J connectivity index is 1.87. The molecule has 0 atom stereocenters. The Morgan fingerprint density at radius 1 is 1.13 bits per heavy atom. The zero-order valence-corrected chi connectivity index (χ0v) is 13.6. The molecule has 0 aromatic heterocycles. The average molecular weight is 311 g/mol. The Morgan fingerprint density at radius 3 is 2.48 bits per heavy atom. The lowest BCUT2D eigenvalue weighted by Crippen LogP contribution is -2.26. The number of carbonyl (C=O) groups excluding carboxylic acids is 1. The molecule has 2 rings (SSSR count). The molecule has 0 aliphatic rings. The normalized spacial score (nSPS) is 11.0. The maximum absolute atomic E-state index is 11.9. The summed E-state index contributed by atoms with van der Waals surface area (Å²) in [6.07, 6.45) is 0. The average Bonchev–Trinajstić information content (AvgIpc) is 2.58. The fraction of sp³-hybridized carbons (Fsp3) is 0.222. The van der Waals surface area contributed by atoms with Crippen LogP contribution >= 0.6 is 0 Å². The molecular formula is C18H21N3O2. The number of hydrogen-bond acceptors (Lipinski definition) is 4. The fourth-order valence-corrected chi connectivity index (χ4v) is 2.12. The van der Waals surface area contributed by atoms with Gasteiger partial charge in [0, 0.05) is 11.3 Å². The van der Waals surface area contributed by atoms with Gasteiger partial charge < -0.3 is 10.1 Å². The lowest BCUT2D eigenvalue weighted by atomic mass is 10.1. The number of benzene rings is 2. The molecule has 5 heteroatoms. The second-order valence-corrected chi connectivity index (χ2v) is 5.13. The number of carbonyl (C=O) groups is 1. The third-order valence-electron chi connectivity index (χ3n) is 3.43. The van der Waals surface area contributed by atoms with Gasteiger partial charge in [-0.05, 0) is 43.7 Å². The summed E-state index contributed by atoms with van der Waals surface area (Å²) in [4.78, 5) is 11.9. The van der Waals surface area contributed by atoms with E-state index in [2.05, 4.69) is 15.8 Å². The van der Waals surface area contributed by atoms with Crippen LogP contribution < -0.4 is 15.5 Å². The molecule has 2 N–H and O–H groups in total.